The summed E-state index contributed by atoms with van der Waals surface area (Å²) in [7, 11) is 1.65. The van der Waals surface area contributed by atoms with Gasteiger partial charge >= 0.3 is 0 Å². The van der Waals surface area contributed by atoms with E-state index in [2.05, 4.69) is 15.3 Å². The number of hydrogen-bond acceptors (Lipinski definition) is 6. The summed E-state index contributed by atoms with van der Waals surface area (Å²) >= 11 is 0. The van der Waals surface area contributed by atoms with Crippen molar-refractivity contribution in [1.82, 2.24) is 9.97 Å². The van der Waals surface area contributed by atoms with Gasteiger partial charge in [-0.2, -0.15) is 9.37 Å². The molecule has 0 saturated heterocycles. The Morgan fingerprint density at radius 1 is 1.35 bits per heavy atom. The van der Waals surface area contributed by atoms with E-state index < -0.39 is 5.82 Å². The molecule has 2 aromatic rings. The van der Waals surface area contributed by atoms with E-state index in [0.717, 1.165) is 11.8 Å². The fourth-order valence-electron chi connectivity index (χ4n) is 1.76. The zero-order chi connectivity index (χ0) is 13.9. The Balaban J connectivity index is 1.73. The first-order valence-corrected chi connectivity index (χ1v) is 5.98. The molecule has 1 aromatic carbocycles. The molecule has 0 bridgehead atoms. The summed E-state index contributed by atoms with van der Waals surface area (Å²) in [4.78, 5) is 7.65. The molecule has 1 N–H and O–H groups in total. The molecule has 0 saturated carbocycles. The van der Waals surface area contributed by atoms with Crippen LogP contribution >= 0.6 is 0 Å². The lowest BCUT2D eigenvalue weighted by Gasteiger charge is -2.08. The minimum absolute atomic E-state index is 0.0954. The number of anilines is 1. The van der Waals surface area contributed by atoms with E-state index in [0.29, 0.717) is 17.4 Å². The monoisotopic (exact) mass is 277 g/mol. The first-order valence-electron chi connectivity index (χ1n) is 5.98. The van der Waals surface area contributed by atoms with Crippen LogP contribution < -0.4 is 19.5 Å². The number of halogens is 1. The zero-order valence-corrected chi connectivity index (χ0v) is 10.7. The summed E-state index contributed by atoms with van der Waals surface area (Å²) in [5.74, 6) is 0.948. The summed E-state index contributed by atoms with van der Waals surface area (Å²) in [6, 6.07) is 5.41. The predicted molar refractivity (Wildman–Crippen MR) is 68.4 cm³/mol. The Bertz CT molecular complexity index is 636. The molecule has 0 spiro atoms. The smallest absolute Gasteiger partial charge is 0.255 e. The Morgan fingerprint density at radius 2 is 2.20 bits per heavy atom. The Hall–Kier alpha value is -2.57. The third kappa shape index (κ3) is 2.42. The van der Waals surface area contributed by atoms with Gasteiger partial charge in [0.25, 0.3) is 5.88 Å². The highest BCUT2D eigenvalue weighted by atomic mass is 19.1. The second-order valence-electron chi connectivity index (χ2n) is 4.07. The molecule has 1 aliphatic heterocycles. The van der Waals surface area contributed by atoms with Crippen molar-refractivity contribution >= 4 is 5.95 Å². The van der Waals surface area contributed by atoms with Crippen LogP contribution in [0.5, 0.6) is 17.4 Å². The quantitative estimate of drug-likeness (QED) is 0.921. The van der Waals surface area contributed by atoms with Crippen LogP contribution in [0.25, 0.3) is 0 Å². The highest BCUT2D eigenvalue weighted by molar-refractivity contribution is 5.44. The lowest BCUT2D eigenvalue weighted by molar-refractivity contribution is 0.174. The van der Waals surface area contributed by atoms with Crippen molar-refractivity contribution in [3.05, 3.63) is 35.8 Å². The number of benzene rings is 1. The lowest BCUT2D eigenvalue weighted by atomic mass is 10.2. The van der Waals surface area contributed by atoms with Crippen molar-refractivity contribution in [2.75, 3.05) is 19.2 Å². The number of hydrogen-bond donors (Lipinski definition) is 1. The molecule has 1 aromatic heterocycles. The number of nitrogens with zero attached hydrogens (tertiary/aromatic N) is 2. The van der Waals surface area contributed by atoms with Crippen molar-refractivity contribution in [2.24, 2.45) is 0 Å². The first-order chi connectivity index (χ1) is 9.76. The number of fused-ring (bicyclic) bond motifs is 1. The molecule has 2 heterocycles. The van der Waals surface area contributed by atoms with E-state index in [4.69, 9.17) is 14.2 Å². The first kappa shape index (κ1) is 12.5. The average molecular weight is 277 g/mol. The number of aromatic nitrogens is 2. The summed E-state index contributed by atoms with van der Waals surface area (Å²) < 4.78 is 29.3. The van der Waals surface area contributed by atoms with Gasteiger partial charge in [-0.15, -0.1) is 0 Å². The maximum Gasteiger partial charge on any atom is 0.255 e. The Labute approximate surface area is 114 Å². The fourth-order valence-corrected chi connectivity index (χ4v) is 1.76. The number of ether oxygens (including phenoxy) is 3. The van der Waals surface area contributed by atoms with Gasteiger partial charge in [0.2, 0.25) is 18.6 Å². The molecule has 0 unspecified atom stereocenters. The van der Waals surface area contributed by atoms with Crippen LogP contribution in [0.15, 0.2) is 24.4 Å². The molecular weight excluding hydrogens is 265 g/mol. The molecule has 1 aliphatic rings. The molecular formula is C13H12FN3O3. The molecule has 0 radical (unpaired) electrons. The van der Waals surface area contributed by atoms with Crippen LogP contribution in [0.4, 0.5) is 10.3 Å². The van der Waals surface area contributed by atoms with Crippen molar-refractivity contribution in [3.63, 3.8) is 0 Å². The van der Waals surface area contributed by atoms with Crippen molar-refractivity contribution in [1.29, 1.82) is 0 Å². The molecule has 104 valence electrons. The van der Waals surface area contributed by atoms with Gasteiger partial charge in [0, 0.05) is 7.05 Å². The minimum atomic E-state index is -0.607. The SMILES string of the molecule is CNc1ncc(F)c(OCc2ccc3c(c2)OCO3)n1. The maximum atomic E-state index is 13.5. The molecule has 3 rings (SSSR count). The molecule has 0 atom stereocenters. The van der Waals surface area contributed by atoms with Crippen LogP contribution in [0.1, 0.15) is 5.56 Å². The third-order valence-electron chi connectivity index (χ3n) is 2.75. The van der Waals surface area contributed by atoms with E-state index in [-0.39, 0.29) is 19.3 Å². The average Bonchev–Trinajstić information content (AvgIpc) is 2.94. The van der Waals surface area contributed by atoms with Gasteiger partial charge in [0.15, 0.2) is 11.5 Å². The van der Waals surface area contributed by atoms with Crippen molar-refractivity contribution in [2.45, 2.75) is 6.61 Å². The van der Waals surface area contributed by atoms with Crippen LogP contribution in [0, 0.1) is 5.82 Å². The molecule has 7 heteroatoms. The number of rotatable bonds is 4. The maximum absolute atomic E-state index is 13.5. The highest BCUT2D eigenvalue weighted by Gasteiger charge is 2.14. The zero-order valence-electron chi connectivity index (χ0n) is 10.7. The summed E-state index contributed by atoms with van der Waals surface area (Å²) in [5.41, 5.74) is 0.832. The van der Waals surface area contributed by atoms with Gasteiger partial charge in [-0.3, -0.25) is 0 Å². The van der Waals surface area contributed by atoms with Crippen molar-refractivity contribution in [3.8, 4) is 17.4 Å². The van der Waals surface area contributed by atoms with E-state index >= 15 is 0 Å². The molecule has 0 amide bonds. The Kier molecular flexibility index (Phi) is 3.24. The van der Waals surface area contributed by atoms with Gasteiger partial charge in [-0.25, -0.2) is 4.98 Å². The van der Waals surface area contributed by atoms with Crippen LogP contribution in [-0.2, 0) is 6.61 Å². The second-order valence-corrected chi connectivity index (χ2v) is 4.07. The van der Waals surface area contributed by atoms with E-state index in [9.17, 15) is 4.39 Å². The largest absolute Gasteiger partial charge is 0.471 e. The van der Waals surface area contributed by atoms with Gasteiger partial charge < -0.3 is 19.5 Å². The summed E-state index contributed by atoms with van der Waals surface area (Å²) in [6.45, 7) is 0.388. The van der Waals surface area contributed by atoms with E-state index in [1.165, 1.54) is 0 Å². The van der Waals surface area contributed by atoms with Gasteiger partial charge in [0.05, 0.1) is 6.20 Å². The normalized spacial score (nSPS) is 12.3. The van der Waals surface area contributed by atoms with Crippen LogP contribution in [-0.4, -0.2) is 23.8 Å². The second kappa shape index (κ2) is 5.20. The standard InChI is InChI=1S/C13H12FN3O3/c1-15-13-16-5-9(14)12(17-13)18-6-8-2-3-10-11(4-8)20-7-19-10/h2-5H,6-7H2,1H3,(H,15,16,17). The molecule has 20 heavy (non-hydrogen) atoms. The lowest BCUT2D eigenvalue weighted by Crippen LogP contribution is -2.03. The van der Waals surface area contributed by atoms with Gasteiger partial charge in [0.1, 0.15) is 6.61 Å². The topological polar surface area (TPSA) is 65.5 Å². The number of nitrogens with one attached hydrogen (secondary N) is 1. The van der Waals surface area contributed by atoms with Gasteiger partial charge in [-0.1, -0.05) is 6.07 Å². The predicted octanol–water partition coefficient (Wildman–Crippen LogP) is 1.97. The van der Waals surface area contributed by atoms with E-state index in [1.807, 2.05) is 6.07 Å². The Morgan fingerprint density at radius 3 is 3.05 bits per heavy atom. The molecule has 0 fully saturated rings. The molecule has 6 nitrogen and oxygen atoms in total. The minimum Gasteiger partial charge on any atom is -0.471 e. The summed E-state index contributed by atoms with van der Waals surface area (Å²) in [5, 5.41) is 2.72. The highest BCUT2D eigenvalue weighted by Crippen LogP contribution is 2.32. The van der Waals surface area contributed by atoms with Crippen LogP contribution in [0.3, 0.4) is 0 Å². The molecule has 0 aliphatic carbocycles. The van der Waals surface area contributed by atoms with Gasteiger partial charge in [-0.05, 0) is 17.7 Å². The third-order valence-corrected chi connectivity index (χ3v) is 2.75. The van der Waals surface area contributed by atoms with E-state index in [1.54, 1.807) is 19.2 Å². The fraction of sp³-hybridized carbons (Fsp3) is 0.231. The van der Waals surface area contributed by atoms with Crippen molar-refractivity contribution < 1.29 is 18.6 Å². The van der Waals surface area contributed by atoms with Crippen LogP contribution in [0.2, 0.25) is 0 Å². The summed E-state index contributed by atoms with van der Waals surface area (Å²) in [6.07, 6.45) is 1.06.